The lowest BCUT2D eigenvalue weighted by Gasteiger charge is -2.19. The lowest BCUT2D eigenvalue weighted by atomic mass is 10.2. The molecule has 0 saturated heterocycles. The molecule has 7 heteroatoms. The zero-order valence-corrected chi connectivity index (χ0v) is 14.9. The van der Waals surface area contributed by atoms with E-state index in [0.717, 1.165) is 22.7 Å². The van der Waals surface area contributed by atoms with Gasteiger partial charge >= 0.3 is 0 Å². The monoisotopic (exact) mass is 355 g/mol. The number of carbonyl (C=O) groups is 1. The molecule has 0 bridgehead atoms. The first-order valence-electron chi connectivity index (χ1n) is 7.29. The molecule has 1 aromatic carbocycles. The third kappa shape index (κ3) is 5.49. The molecule has 2 rings (SSSR count). The van der Waals surface area contributed by atoms with Gasteiger partial charge in [0, 0.05) is 11.9 Å². The van der Waals surface area contributed by atoms with Crippen LogP contribution in [0.5, 0.6) is 5.75 Å². The molecule has 0 saturated carbocycles. The number of nitrogens with one attached hydrogen (secondary N) is 1. The first-order chi connectivity index (χ1) is 10.6. The molecule has 0 radical (unpaired) electrons. The Morgan fingerprint density at radius 2 is 2.17 bits per heavy atom. The van der Waals surface area contributed by atoms with Gasteiger partial charge in [-0.05, 0) is 25.0 Å². The van der Waals surface area contributed by atoms with Gasteiger partial charge in [0.15, 0.2) is 0 Å². The van der Waals surface area contributed by atoms with Crippen molar-refractivity contribution in [2.75, 3.05) is 6.54 Å². The number of amides is 1. The Labute approximate surface area is 146 Å². The highest BCUT2D eigenvalue weighted by Crippen LogP contribution is 2.18. The summed E-state index contributed by atoms with van der Waals surface area (Å²) in [6.45, 7) is 4.83. The quantitative estimate of drug-likeness (QED) is 0.800. The van der Waals surface area contributed by atoms with E-state index in [4.69, 9.17) is 10.5 Å². The second-order valence-electron chi connectivity index (χ2n) is 4.95. The van der Waals surface area contributed by atoms with Gasteiger partial charge in [0.2, 0.25) is 0 Å². The number of halogens is 1. The largest absolute Gasteiger partial charge is 0.488 e. The van der Waals surface area contributed by atoms with Crippen LogP contribution in [0.15, 0.2) is 29.6 Å². The van der Waals surface area contributed by atoms with E-state index in [-0.39, 0.29) is 24.4 Å². The van der Waals surface area contributed by atoms with E-state index in [2.05, 4.69) is 10.3 Å². The van der Waals surface area contributed by atoms with E-state index in [1.54, 1.807) is 5.38 Å². The third-order valence-electron chi connectivity index (χ3n) is 3.29. The molecule has 23 heavy (non-hydrogen) atoms. The van der Waals surface area contributed by atoms with E-state index in [0.29, 0.717) is 18.8 Å². The Morgan fingerprint density at radius 3 is 2.78 bits per heavy atom. The second-order valence-corrected chi connectivity index (χ2v) is 5.90. The molecule has 1 unspecified atom stereocenters. The van der Waals surface area contributed by atoms with Crippen LogP contribution in [0.25, 0.3) is 0 Å². The van der Waals surface area contributed by atoms with Crippen LogP contribution >= 0.6 is 23.7 Å². The number of hydrogen-bond acceptors (Lipinski definition) is 5. The van der Waals surface area contributed by atoms with Crippen LogP contribution in [0.4, 0.5) is 0 Å². The molecule has 0 aliphatic heterocycles. The molecule has 5 nitrogen and oxygen atoms in total. The van der Waals surface area contributed by atoms with Gasteiger partial charge in [-0.25, -0.2) is 4.98 Å². The molecule has 1 amide bonds. The fourth-order valence-electron chi connectivity index (χ4n) is 1.94. The molecule has 1 atom stereocenters. The normalized spacial score (nSPS) is 11.4. The summed E-state index contributed by atoms with van der Waals surface area (Å²) in [5, 5.41) is 5.35. The third-order valence-corrected chi connectivity index (χ3v) is 4.16. The van der Waals surface area contributed by atoms with E-state index in [1.807, 2.05) is 38.1 Å². The fraction of sp³-hybridized carbons (Fsp3) is 0.375. The first kappa shape index (κ1) is 19.4. The number of aryl methyl sites for hydroxylation is 1. The van der Waals surface area contributed by atoms with Crippen LogP contribution in [-0.4, -0.2) is 23.5 Å². The minimum absolute atomic E-state index is 0. The first-order valence-corrected chi connectivity index (χ1v) is 8.17. The lowest BCUT2D eigenvalue weighted by molar-refractivity contribution is 0.0921. The number of hydrogen-bond donors (Lipinski definition) is 2. The minimum atomic E-state index is -0.192. The smallest absolute Gasteiger partial charge is 0.270 e. The number of carbonyl (C=O) groups excluding carboxylic acids is 1. The number of rotatable bonds is 7. The van der Waals surface area contributed by atoms with Crippen LogP contribution in [0.1, 0.15) is 34.4 Å². The van der Waals surface area contributed by atoms with Crippen molar-refractivity contribution in [3.63, 3.8) is 0 Å². The summed E-state index contributed by atoms with van der Waals surface area (Å²) in [6, 6.07) is 7.86. The Morgan fingerprint density at radius 1 is 1.43 bits per heavy atom. The standard InChI is InChI=1S/C16H21N3O2S.ClH/c1-3-12(21-14-7-5-4-6-11(14)2)9-18-16(20)13-10-22-15(8-17)19-13;/h4-7,10,12H,3,8-9,17H2,1-2H3,(H,18,20);1H. The van der Waals surface area contributed by atoms with Crippen molar-refractivity contribution in [3.05, 3.63) is 45.9 Å². The van der Waals surface area contributed by atoms with E-state index >= 15 is 0 Å². The zero-order valence-electron chi connectivity index (χ0n) is 13.2. The molecule has 1 aromatic heterocycles. The van der Waals surface area contributed by atoms with Gasteiger partial charge in [-0.2, -0.15) is 0 Å². The van der Waals surface area contributed by atoms with Crippen molar-refractivity contribution < 1.29 is 9.53 Å². The molecule has 126 valence electrons. The molecular formula is C16H22ClN3O2S. The summed E-state index contributed by atoms with van der Waals surface area (Å²) in [4.78, 5) is 16.2. The lowest BCUT2D eigenvalue weighted by Crippen LogP contribution is -2.35. The van der Waals surface area contributed by atoms with Crippen molar-refractivity contribution in [1.82, 2.24) is 10.3 Å². The number of ether oxygens (including phenoxy) is 1. The number of nitrogens with two attached hydrogens (primary N) is 1. The van der Waals surface area contributed by atoms with Crippen molar-refractivity contribution in [1.29, 1.82) is 0 Å². The van der Waals surface area contributed by atoms with Crippen molar-refractivity contribution >= 4 is 29.7 Å². The molecule has 2 aromatic rings. The van der Waals surface area contributed by atoms with Crippen molar-refractivity contribution in [2.45, 2.75) is 32.9 Å². The fourth-order valence-corrected chi connectivity index (χ4v) is 2.60. The van der Waals surface area contributed by atoms with Gasteiger partial charge in [-0.1, -0.05) is 25.1 Å². The highest BCUT2D eigenvalue weighted by molar-refractivity contribution is 7.09. The number of benzene rings is 1. The summed E-state index contributed by atoms with van der Waals surface area (Å²) in [5.41, 5.74) is 7.00. The van der Waals surface area contributed by atoms with E-state index in [1.165, 1.54) is 11.3 Å². The average Bonchev–Trinajstić information content (AvgIpc) is 3.02. The van der Waals surface area contributed by atoms with E-state index < -0.39 is 0 Å². The van der Waals surface area contributed by atoms with Crippen LogP contribution < -0.4 is 15.8 Å². The molecule has 1 heterocycles. The van der Waals surface area contributed by atoms with Crippen molar-refractivity contribution in [2.24, 2.45) is 5.73 Å². The summed E-state index contributed by atoms with van der Waals surface area (Å²) in [6.07, 6.45) is 0.734. The SMILES string of the molecule is CCC(CNC(=O)c1csc(CN)n1)Oc1ccccc1C.Cl. The molecule has 0 spiro atoms. The number of nitrogens with zero attached hydrogens (tertiary/aromatic N) is 1. The van der Waals surface area contributed by atoms with Gasteiger partial charge in [0.1, 0.15) is 22.6 Å². The maximum absolute atomic E-state index is 12.1. The van der Waals surface area contributed by atoms with Gasteiger partial charge in [-0.15, -0.1) is 23.7 Å². The Kier molecular flexibility index (Phi) is 8.02. The molecule has 0 fully saturated rings. The number of aromatic nitrogens is 1. The predicted molar refractivity (Wildman–Crippen MR) is 95.5 cm³/mol. The van der Waals surface area contributed by atoms with E-state index in [9.17, 15) is 4.79 Å². The predicted octanol–water partition coefficient (Wildman–Crippen LogP) is 2.92. The highest BCUT2D eigenvalue weighted by Gasteiger charge is 2.14. The second kappa shape index (κ2) is 9.50. The van der Waals surface area contributed by atoms with Crippen LogP contribution in [0.2, 0.25) is 0 Å². The van der Waals surface area contributed by atoms with Gasteiger partial charge in [-0.3, -0.25) is 4.79 Å². The highest BCUT2D eigenvalue weighted by atomic mass is 35.5. The topological polar surface area (TPSA) is 77.2 Å². The minimum Gasteiger partial charge on any atom is -0.488 e. The molecule has 0 aliphatic carbocycles. The van der Waals surface area contributed by atoms with Crippen molar-refractivity contribution in [3.8, 4) is 5.75 Å². The summed E-state index contributed by atoms with van der Waals surface area (Å²) in [5.74, 6) is 0.658. The van der Waals surface area contributed by atoms with Crippen LogP contribution in [0, 0.1) is 6.92 Å². The molecule has 0 aliphatic rings. The number of para-hydroxylation sites is 1. The van der Waals surface area contributed by atoms with Gasteiger partial charge in [0.25, 0.3) is 5.91 Å². The summed E-state index contributed by atoms with van der Waals surface area (Å²) >= 11 is 1.39. The van der Waals surface area contributed by atoms with Crippen LogP contribution in [0.3, 0.4) is 0 Å². The van der Waals surface area contributed by atoms with Gasteiger partial charge in [0.05, 0.1) is 6.54 Å². The number of thiazole rings is 1. The Hall–Kier alpha value is -1.63. The Bertz CT molecular complexity index is 633. The Balaban J connectivity index is 0.00000264. The zero-order chi connectivity index (χ0) is 15.9. The maximum Gasteiger partial charge on any atom is 0.270 e. The summed E-state index contributed by atoms with van der Waals surface area (Å²) < 4.78 is 5.95. The van der Waals surface area contributed by atoms with Crippen LogP contribution in [-0.2, 0) is 6.54 Å². The maximum atomic E-state index is 12.1. The molecule has 3 N–H and O–H groups in total. The molecular weight excluding hydrogens is 334 g/mol. The van der Waals surface area contributed by atoms with Gasteiger partial charge < -0.3 is 15.8 Å². The average molecular weight is 356 g/mol. The summed E-state index contributed by atoms with van der Waals surface area (Å²) in [7, 11) is 0.